The SMILES string of the molecule is CCCCCC(C)(C)CNC(=O)c1ccc(N)c(C)c1. The Morgan fingerprint density at radius 3 is 2.60 bits per heavy atom. The first kappa shape index (κ1) is 16.5. The fourth-order valence-corrected chi connectivity index (χ4v) is 2.18. The summed E-state index contributed by atoms with van der Waals surface area (Å²) in [6, 6.07) is 5.41. The third kappa shape index (κ3) is 5.24. The van der Waals surface area contributed by atoms with E-state index in [2.05, 4.69) is 26.1 Å². The van der Waals surface area contributed by atoms with Crippen LogP contribution in [0.15, 0.2) is 18.2 Å². The van der Waals surface area contributed by atoms with Crippen LogP contribution in [0.1, 0.15) is 62.4 Å². The predicted molar refractivity (Wildman–Crippen MR) is 85.8 cm³/mol. The van der Waals surface area contributed by atoms with Crippen LogP contribution in [-0.4, -0.2) is 12.5 Å². The number of anilines is 1. The molecule has 0 aromatic heterocycles. The van der Waals surface area contributed by atoms with Crippen molar-refractivity contribution >= 4 is 11.6 Å². The number of unbranched alkanes of at least 4 members (excludes halogenated alkanes) is 2. The molecule has 3 heteroatoms. The molecule has 1 amide bonds. The quantitative estimate of drug-likeness (QED) is 0.586. The van der Waals surface area contributed by atoms with Crippen LogP contribution >= 0.6 is 0 Å². The highest BCUT2D eigenvalue weighted by Gasteiger charge is 2.18. The van der Waals surface area contributed by atoms with Crippen molar-refractivity contribution in [3.05, 3.63) is 29.3 Å². The number of carbonyl (C=O) groups excluding carboxylic acids is 1. The Labute approximate surface area is 122 Å². The molecular formula is C17H28N2O. The van der Waals surface area contributed by atoms with E-state index in [0.29, 0.717) is 12.1 Å². The van der Waals surface area contributed by atoms with Crippen LogP contribution in [0.25, 0.3) is 0 Å². The number of hydrogen-bond acceptors (Lipinski definition) is 2. The van der Waals surface area contributed by atoms with Crippen molar-refractivity contribution in [1.82, 2.24) is 5.32 Å². The molecule has 0 saturated carbocycles. The normalized spacial score (nSPS) is 11.4. The largest absolute Gasteiger partial charge is 0.399 e. The van der Waals surface area contributed by atoms with Crippen LogP contribution in [0.3, 0.4) is 0 Å². The molecular weight excluding hydrogens is 248 g/mol. The summed E-state index contributed by atoms with van der Waals surface area (Å²) in [4.78, 5) is 12.1. The van der Waals surface area contributed by atoms with Crippen molar-refractivity contribution in [2.45, 2.75) is 53.4 Å². The highest BCUT2D eigenvalue weighted by molar-refractivity contribution is 5.94. The first-order valence-electron chi connectivity index (χ1n) is 7.50. The zero-order chi connectivity index (χ0) is 15.2. The average molecular weight is 276 g/mol. The fourth-order valence-electron chi connectivity index (χ4n) is 2.18. The number of hydrogen-bond donors (Lipinski definition) is 2. The van der Waals surface area contributed by atoms with Gasteiger partial charge in [0.15, 0.2) is 0 Å². The fraction of sp³-hybridized carbons (Fsp3) is 0.588. The van der Waals surface area contributed by atoms with Gasteiger partial charge in [-0.05, 0) is 42.5 Å². The molecule has 20 heavy (non-hydrogen) atoms. The molecule has 3 N–H and O–H groups in total. The number of carbonyl (C=O) groups is 1. The van der Waals surface area contributed by atoms with Crippen molar-refractivity contribution in [2.24, 2.45) is 5.41 Å². The van der Waals surface area contributed by atoms with E-state index in [4.69, 9.17) is 5.73 Å². The van der Waals surface area contributed by atoms with E-state index in [9.17, 15) is 4.79 Å². The molecule has 0 aliphatic rings. The third-order valence-electron chi connectivity index (χ3n) is 3.72. The summed E-state index contributed by atoms with van der Waals surface area (Å²) in [6.07, 6.45) is 4.85. The van der Waals surface area contributed by atoms with Gasteiger partial charge in [-0.15, -0.1) is 0 Å². The summed E-state index contributed by atoms with van der Waals surface area (Å²) in [6.45, 7) is 9.24. The maximum Gasteiger partial charge on any atom is 0.251 e. The highest BCUT2D eigenvalue weighted by Crippen LogP contribution is 2.23. The van der Waals surface area contributed by atoms with Crippen LogP contribution in [-0.2, 0) is 0 Å². The summed E-state index contributed by atoms with van der Waals surface area (Å²) in [5, 5.41) is 3.03. The molecule has 0 unspecified atom stereocenters. The summed E-state index contributed by atoms with van der Waals surface area (Å²) in [5.41, 5.74) is 8.26. The maximum atomic E-state index is 12.1. The van der Waals surface area contributed by atoms with Crippen molar-refractivity contribution in [3.8, 4) is 0 Å². The van der Waals surface area contributed by atoms with E-state index < -0.39 is 0 Å². The van der Waals surface area contributed by atoms with Crippen LogP contribution in [0.2, 0.25) is 0 Å². The van der Waals surface area contributed by atoms with E-state index in [1.165, 1.54) is 19.3 Å². The molecule has 0 spiro atoms. The summed E-state index contributed by atoms with van der Waals surface area (Å²) < 4.78 is 0. The predicted octanol–water partition coefficient (Wildman–Crippen LogP) is 3.91. The molecule has 0 heterocycles. The van der Waals surface area contributed by atoms with Crippen LogP contribution in [0.4, 0.5) is 5.69 Å². The monoisotopic (exact) mass is 276 g/mol. The Balaban J connectivity index is 2.51. The highest BCUT2D eigenvalue weighted by atomic mass is 16.1. The van der Waals surface area contributed by atoms with E-state index in [1.807, 2.05) is 13.0 Å². The Morgan fingerprint density at radius 1 is 1.30 bits per heavy atom. The van der Waals surface area contributed by atoms with Crippen molar-refractivity contribution in [1.29, 1.82) is 0 Å². The second-order valence-corrected chi connectivity index (χ2v) is 6.38. The summed E-state index contributed by atoms with van der Waals surface area (Å²) in [7, 11) is 0. The Kier molecular flexibility index (Phi) is 6.05. The Hall–Kier alpha value is -1.51. The molecule has 0 radical (unpaired) electrons. The van der Waals surface area contributed by atoms with E-state index in [1.54, 1.807) is 12.1 Å². The van der Waals surface area contributed by atoms with Gasteiger partial charge in [-0.1, -0.05) is 40.0 Å². The number of nitrogen functional groups attached to an aromatic ring is 1. The van der Waals surface area contributed by atoms with Gasteiger partial charge in [0.05, 0.1) is 0 Å². The zero-order valence-electron chi connectivity index (χ0n) is 13.3. The molecule has 0 bridgehead atoms. The average Bonchev–Trinajstić information content (AvgIpc) is 2.39. The molecule has 0 atom stereocenters. The molecule has 0 aliphatic heterocycles. The molecule has 0 saturated heterocycles. The van der Waals surface area contributed by atoms with Crippen molar-refractivity contribution in [2.75, 3.05) is 12.3 Å². The molecule has 1 aromatic carbocycles. The molecule has 0 fully saturated rings. The van der Waals surface area contributed by atoms with Crippen LogP contribution in [0, 0.1) is 12.3 Å². The molecule has 112 valence electrons. The van der Waals surface area contributed by atoms with Gasteiger partial charge in [0.1, 0.15) is 0 Å². The number of benzene rings is 1. The lowest BCUT2D eigenvalue weighted by atomic mass is 9.87. The van der Waals surface area contributed by atoms with Crippen molar-refractivity contribution < 1.29 is 4.79 Å². The van der Waals surface area contributed by atoms with Crippen molar-refractivity contribution in [3.63, 3.8) is 0 Å². The molecule has 3 nitrogen and oxygen atoms in total. The number of nitrogens with two attached hydrogens (primary N) is 1. The number of aryl methyl sites for hydroxylation is 1. The second kappa shape index (κ2) is 7.32. The first-order valence-corrected chi connectivity index (χ1v) is 7.50. The molecule has 1 rings (SSSR count). The van der Waals surface area contributed by atoms with Gasteiger partial charge in [0, 0.05) is 17.8 Å². The lowest BCUT2D eigenvalue weighted by molar-refractivity contribution is 0.0934. The van der Waals surface area contributed by atoms with Crippen LogP contribution in [0.5, 0.6) is 0 Å². The summed E-state index contributed by atoms with van der Waals surface area (Å²) >= 11 is 0. The van der Waals surface area contributed by atoms with Gasteiger partial charge in [0.2, 0.25) is 0 Å². The Morgan fingerprint density at radius 2 is 2.00 bits per heavy atom. The first-order chi connectivity index (χ1) is 9.35. The van der Waals surface area contributed by atoms with E-state index in [-0.39, 0.29) is 11.3 Å². The number of nitrogens with one attached hydrogen (secondary N) is 1. The topological polar surface area (TPSA) is 55.1 Å². The second-order valence-electron chi connectivity index (χ2n) is 6.38. The van der Waals surface area contributed by atoms with Gasteiger partial charge < -0.3 is 11.1 Å². The van der Waals surface area contributed by atoms with Crippen LogP contribution < -0.4 is 11.1 Å². The summed E-state index contributed by atoms with van der Waals surface area (Å²) in [5.74, 6) is -0.0170. The van der Waals surface area contributed by atoms with Gasteiger partial charge in [0.25, 0.3) is 5.91 Å². The third-order valence-corrected chi connectivity index (χ3v) is 3.72. The minimum atomic E-state index is -0.0170. The Bertz CT molecular complexity index is 452. The van der Waals surface area contributed by atoms with Gasteiger partial charge >= 0.3 is 0 Å². The van der Waals surface area contributed by atoms with E-state index in [0.717, 1.165) is 17.7 Å². The molecule has 0 aliphatic carbocycles. The smallest absolute Gasteiger partial charge is 0.251 e. The minimum absolute atomic E-state index is 0.0170. The lowest BCUT2D eigenvalue weighted by Gasteiger charge is -2.25. The van der Waals surface area contributed by atoms with Gasteiger partial charge in [-0.3, -0.25) is 4.79 Å². The molecule has 1 aromatic rings. The van der Waals surface area contributed by atoms with Gasteiger partial charge in [-0.2, -0.15) is 0 Å². The lowest BCUT2D eigenvalue weighted by Crippen LogP contribution is -2.34. The number of amides is 1. The minimum Gasteiger partial charge on any atom is -0.399 e. The zero-order valence-corrected chi connectivity index (χ0v) is 13.3. The standard InChI is InChI=1S/C17H28N2O/c1-5-6-7-10-17(3,4)12-19-16(20)14-8-9-15(18)13(2)11-14/h8-9,11H,5-7,10,12,18H2,1-4H3,(H,19,20). The maximum absolute atomic E-state index is 12.1. The van der Waals surface area contributed by atoms with E-state index >= 15 is 0 Å². The number of rotatable bonds is 7. The van der Waals surface area contributed by atoms with Gasteiger partial charge in [-0.25, -0.2) is 0 Å².